The molecule has 10 heavy (non-hydrogen) atoms. The molecular formula is C8H13IO. The standard InChI is InChI=1S/C8H13IO/c1-2-3-4-5-8(10)6-7-9/h3-4,6-8,10H,2,5H2,1H3/b4-3-,7-6+/t8-/m0/s1. The molecule has 0 aliphatic carbocycles. The summed E-state index contributed by atoms with van der Waals surface area (Å²) in [6, 6.07) is 0. The van der Waals surface area contributed by atoms with Crippen LogP contribution in [0.3, 0.4) is 0 Å². The van der Waals surface area contributed by atoms with E-state index in [0.717, 1.165) is 12.8 Å². The van der Waals surface area contributed by atoms with Crippen LogP contribution in [0.15, 0.2) is 22.3 Å². The maximum Gasteiger partial charge on any atom is 0.0762 e. The molecule has 0 rings (SSSR count). The van der Waals surface area contributed by atoms with Crippen LogP contribution in [0.1, 0.15) is 19.8 Å². The zero-order chi connectivity index (χ0) is 7.82. The average molecular weight is 252 g/mol. The Bertz CT molecular complexity index is 118. The Morgan fingerprint density at radius 1 is 1.50 bits per heavy atom. The Labute approximate surface area is 76.0 Å². The van der Waals surface area contributed by atoms with Gasteiger partial charge in [-0.05, 0) is 23.0 Å². The van der Waals surface area contributed by atoms with E-state index in [1.165, 1.54) is 0 Å². The smallest absolute Gasteiger partial charge is 0.0762 e. The number of aliphatic hydroxyl groups excluding tert-OH is 1. The van der Waals surface area contributed by atoms with E-state index in [2.05, 4.69) is 35.6 Å². The summed E-state index contributed by atoms with van der Waals surface area (Å²) >= 11 is 2.10. The van der Waals surface area contributed by atoms with Crippen molar-refractivity contribution in [2.45, 2.75) is 25.9 Å². The van der Waals surface area contributed by atoms with Gasteiger partial charge >= 0.3 is 0 Å². The largest absolute Gasteiger partial charge is 0.389 e. The van der Waals surface area contributed by atoms with Gasteiger partial charge in [0.15, 0.2) is 0 Å². The average Bonchev–Trinajstić information content (AvgIpc) is 1.89. The van der Waals surface area contributed by atoms with E-state index in [0.29, 0.717) is 0 Å². The fourth-order valence-corrected chi connectivity index (χ4v) is 1.04. The van der Waals surface area contributed by atoms with Gasteiger partial charge in [0.05, 0.1) is 6.10 Å². The topological polar surface area (TPSA) is 20.2 Å². The summed E-state index contributed by atoms with van der Waals surface area (Å²) in [6.07, 6.45) is 7.31. The third-order valence-corrected chi connectivity index (χ3v) is 1.49. The van der Waals surface area contributed by atoms with Crippen molar-refractivity contribution in [3.63, 3.8) is 0 Å². The second-order valence-corrected chi connectivity index (χ2v) is 2.72. The molecule has 1 N–H and O–H groups in total. The van der Waals surface area contributed by atoms with Crippen LogP contribution in [0.25, 0.3) is 0 Å². The molecule has 1 atom stereocenters. The fraction of sp³-hybridized carbons (Fsp3) is 0.500. The SMILES string of the molecule is CC/C=C\C[C@H](O)/C=C/I. The molecular weight excluding hydrogens is 239 g/mol. The molecule has 0 fully saturated rings. The first-order valence-corrected chi connectivity index (χ1v) is 4.65. The zero-order valence-corrected chi connectivity index (χ0v) is 8.28. The molecule has 0 aliphatic heterocycles. The molecule has 0 aromatic carbocycles. The van der Waals surface area contributed by atoms with Crippen LogP contribution in [-0.4, -0.2) is 11.2 Å². The van der Waals surface area contributed by atoms with E-state index < -0.39 is 0 Å². The Hall–Kier alpha value is 0.170. The minimum atomic E-state index is -0.306. The molecule has 0 unspecified atom stereocenters. The summed E-state index contributed by atoms with van der Waals surface area (Å²) in [5, 5.41) is 9.13. The first-order valence-electron chi connectivity index (χ1n) is 3.41. The lowest BCUT2D eigenvalue weighted by Gasteiger charge is -1.97. The molecule has 0 amide bonds. The lowest BCUT2D eigenvalue weighted by atomic mass is 10.2. The quantitative estimate of drug-likeness (QED) is 0.602. The monoisotopic (exact) mass is 252 g/mol. The minimum Gasteiger partial charge on any atom is -0.389 e. The number of allylic oxidation sites excluding steroid dienone is 1. The highest BCUT2D eigenvalue weighted by molar-refractivity contribution is 14.1. The normalized spacial score (nSPS) is 15.1. The molecule has 0 aromatic heterocycles. The van der Waals surface area contributed by atoms with Gasteiger partial charge in [0.2, 0.25) is 0 Å². The lowest BCUT2D eigenvalue weighted by Crippen LogP contribution is -1.98. The summed E-state index contributed by atoms with van der Waals surface area (Å²) in [4.78, 5) is 0. The molecule has 0 spiro atoms. The Kier molecular flexibility index (Phi) is 7.40. The lowest BCUT2D eigenvalue weighted by molar-refractivity contribution is 0.227. The predicted molar refractivity (Wildman–Crippen MR) is 53.2 cm³/mol. The van der Waals surface area contributed by atoms with Crippen molar-refractivity contribution < 1.29 is 5.11 Å². The van der Waals surface area contributed by atoms with Crippen LogP contribution in [0.2, 0.25) is 0 Å². The Balaban J connectivity index is 3.38. The molecule has 2 heteroatoms. The Morgan fingerprint density at radius 3 is 2.70 bits per heavy atom. The fourth-order valence-electron chi connectivity index (χ4n) is 0.565. The predicted octanol–water partition coefficient (Wildman–Crippen LogP) is 2.65. The highest BCUT2D eigenvalue weighted by Crippen LogP contribution is 1.97. The van der Waals surface area contributed by atoms with Crippen LogP contribution in [0.4, 0.5) is 0 Å². The van der Waals surface area contributed by atoms with Gasteiger partial charge in [0.25, 0.3) is 0 Å². The summed E-state index contributed by atoms with van der Waals surface area (Å²) in [5.41, 5.74) is 0. The number of hydrogen-bond acceptors (Lipinski definition) is 1. The van der Waals surface area contributed by atoms with Crippen molar-refractivity contribution >= 4 is 22.6 Å². The van der Waals surface area contributed by atoms with E-state index in [9.17, 15) is 0 Å². The number of halogens is 1. The van der Waals surface area contributed by atoms with Gasteiger partial charge in [0, 0.05) is 0 Å². The van der Waals surface area contributed by atoms with Crippen LogP contribution < -0.4 is 0 Å². The van der Waals surface area contributed by atoms with E-state index in [1.54, 1.807) is 6.08 Å². The van der Waals surface area contributed by atoms with Gasteiger partial charge in [-0.1, -0.05) is 41.7 Å². The van der Waals surface area contributed by atoms with E-state index in [1.807, 2.05) is 10.2 Å². The van der Waals surface area contributed by atoms with E-state index in [-0.39, 0.29) is 6.10 Å². The first-order chi connectivity index (χ1) is 4.81. The third-order valence-electron chi connectivity index (χ3n) is 1.07. The molecule has 0 bridgehead atoms. The van der Waals surface area contributed by atoms with Crippen molar-refractivity contribution in [1.29, 1.82) is 0 Å². The highest BCUT2D eigenvalue weighted by atomic mass is 127. The highest BCUT2D eigenvalue weighted by Gasteiger charge is 1.91. The van der Waals surface area contributed by atoms with Crippen molar-refractivity contribution in [3.8, 4) is 0 Å². The molecule has 0 saturated carbocycles. The van der Waals surface area contributed by atoms with Gasteiger partial charge in [-0.15, -0.1) is 0 Å². The Morgan fingerprint density at radius 2 is 2.20 bits per heavy atom. The summed E-state index contributed by atoms with van der Waals surface area (Å²) in [6.45, 7) is 2.08. The second kappa shape index (κ2) is 7.28. The summed E-state index contributed by atoms with van der Waals surface area (Å²) in [5.74, 6) is 0. The molecule has 1 nitrogen and oxygen atoms in total. The van der Waals surface area contributed by atoms with E-state index >= 15 is 0 Å². The molecule has 58 valence electrons. The summed E-state index contributed by atoms with van der Waals surface area (Å²) in [7, 11) is 0. The molecule has 0 aromatic rings. The van der Waals surface area contributed by atoms with Crippen molar-refractivity contribution in [2.24, 2.45) is 0 Å². The van der Waals surface area contributed by atoms with E-state index in [4.69, 9.17) is 5.11 Å². The van der Waals surface area contributed by atoms with Gasteiger partial charge < -0.3 is 5.11 Å². The molecule has 0 radical (unpaired) electrons. The molecule has 0 aliphatic rings. The number of hydrogen-bond donors (Lipinski definition) is 1. The van der Waals surface area contributed by atoms with Gasteiger partial charge in [-0.2, -0.15) is 0 Å². The maximum absolute atomic E-state index is 9.13. The van der Waals surface area contributed by atoms with Gasteiger partial charge in [0.1, 0.15) is 0 Å². The van der Waals surface area contributed by atoms with Crippen LogP contribution in [0.5, 0.6) is 0 Å². The first kappa shape index (κ1) is 10.2. The third kappa shape index (κ3) is 6.29. The number of rotatable bonds is 4. The molecule has 0 saturated heterocycles. The second-order valence-electron chi connectivity index (χ2n) is 2.00. The van der Waals surface area contributed by atoms with Crippen LogP contribution >= 0.6 is 22.6 Å². The minimum absolute atomic E-state index is 0.306. The van der Waals surface area contributed by atoms with Crippen molar-refractivity contribution in [1.82, 2.24) is 0 Å². The summed E-state index contributed by atoms with van der Waals surface area (Å²) < 4.78 is 1.84. The van der Waals surface area contributed by atoms with Crippen LogP contribution in [-0.2, 0) is 0 Å². The van der Waals surface area contributed by atoms with Crippen molar-refractivity contribution in [2.75, 3.05) is 0 Å². The zero-order valence-electron chi connectivity index (χ0n) is 6.13. The maximum atomic E-state index is 9.13. The number of aliphatic hydroxyl groups is 1. The van der Waals surface area contributed by atoms with Gasteiger partial charge in [-0.3, -0.25) is 0 Å². The van der Waals surface area contributed by atoms with Crippen LogP contribution in [0, 0.1) is 0 Å². The van der Waals surface area contributed by atoms with Crippen molar-refractivity contribution in [3.05, 3.63) is 22.3 Å². The molecule has 0 heterocycles. The van der Waals surface area contributed by atoms with Gasteiger partial charge in [-0.25, -0.2) is 0 Å².